The zero-order chi connectivity index (χ0) is 69.4. The molecule has 6 N–H and O–H groups in total. The van der Waals surface area contributed by atoms with Crippen molar-refractivity contribution in [3.63, 3.8) is 0 Å². The first-order valence-corrected chi connectivity index (χ1v) is 36.0. The minimum atomic E-state index is -3.71. The van der Waals surface area contributed by atoms with Crippen LogP contribution in [0.25, 0.3) is 0 Å². The summed E-state index contributed by atoms with van der Waals surface area (Å²) < 4.78 is 208. The quantitative estimate of drug-likeness (QED) is 0.0327. The zero-order valence-electron chi connectivity index (χ0n) is 51.8. The van der Waals surface area contributed by atoms with Gasteiger partial charge in [-0.3, -0.25) is 14.4 Å². The molecule has 0 aromatic heterocycles. The Balaban J connectivity index is 0.000000201. The second kappa shape index (κ2) is 34.1. The van der Waals surface area contributed by atoms with Crippen molar-refractivity contribution in [2.75, 3.05) is 56.5 Å². The predicted molar refractivity (Wildman–Crippen MR) is 337 cm³/mol. The molecule has 3 amide bonds. The molecule has 0 spiro atoms. The number of amides is 3. The molecule has 3 atom stereocenters. The molecular weight excluding hydrogens is 1320 g/mol. The standard InChI is InChI=1S/C23H27F3N2O3S.C22H24F4N2O3S.C22H25F3N2O3S/c24-19-14-21(26)20(25)12-18(19)13-22(27)17-6-9-28(10-7-17)23(29)8-11-32(30,31)15-16-4-2-1-3-5-16;23-16-1-3-17(4-2-16)32(30,31)10-7-22(29)28-8-5-14(6-9-28)21(27)12-15-11-19(25)20(26)13-18(15)24;23-18-14-20(25)19(24)12-16(18)13-21(26)15-6-9-27(10-7-15)22(28)8-11-31(29,30)17-4-2-1-3-5-17/h1-5,12,14,17,22H,6-11,13,15,27H2;1-4,11,13-14,21H,5-10,12,27H2;1-5,12,14-15,21H,6-11,13,26H2/t22-;2*21-/m111/s1. The van der Waals surface area contributed by atoms with E-state index in [4.69, 9.17) is 17.2 Å². The van der Waals surface area contributed by atoms with Crippen molar-refractivity contribution >= 4 is 47.2 Å². The van der Waals surface area contributed by atoms with Crippen molar-refractivity contribution < 1.29 is 83.5 Å². The number of benzene rings is 6. The molecule has 9 rings (SSSR count). The van der Waals surface area contributed by atoms with Crippen molar-refractivity contribution in [3.8, 4) is 0 Å². The summed E-state index contributed by atoms with van der Waals surface area (Å²) in [7, 11) is -10.6. The van der Waals surface area contributed by atoms with E-state index in [0.29, 0.717) is 102 Å². The number of nitrogens with zero attached hydrogens (tertiary/aromatic N) is 3. The predicted octanol–water partition coefficient (Wildman–Crippen LogP) is 9.51. The van der Waals surface area contributed by atoms with Gasteiger partial charge in [0.2, 0.25) is 17.7 Å². The van der Waals surface area contributed by atoms with Crippen LogP contribution in [0.3, 0.4) is 0 Å². The van der Waals surface area contributed by atoms with Crippen LogP contribution in [0, 0.1) is 75.9 Å². The average Bonchev–Trinajstić information content (AvgIpc) is 1.58. The van der Waals surface area contributed by atoms with Crippen molar-refractivity contribution in [3.05, 3.63) is 202 Å². The highest BCUT2D eigenvalue weighted by Crippen LogP contribution is 2.29. The van der Waals surface area contributed by atoms with E-state index < -0.39 is 106 Å². The van der Waals surface area contributed by atoms with Crippen LogP contribution >= 0.6 is 0 Å². The molecule has 0 unspecified atom stereocenters. The number of rotatable bonds is 22. The normalized spacial score (nSPS) is 16.2. The van der Waals surface area contributed by atoms with Crippen LogP contribution in [-0.4, -0.2) is 132 Å². The fraction of sp³-hybridized carbons (Fsp3) is 0.418. The highest BCUT2D eigenvalue weighted by Gasteiger charge is 2.32. The average molecular weight is 1400 g/mol. The van der Waals surface area contributed by atoms with Gasteiger partial charge in [0.25, 0.3) is 0 Å². The first kappa shape index (κ1) is 75.1. The van der Waals surface area contributed by atoms with E-state index in [0.717, 1.165) is 42.5 Å². The third kappa shape index (κ3) is 22.1. The van der Waals surface area contributed by atoms with E-state index in [1.54, 1.807) is 57.2 Å². The van der Waals surface area contributed by atoms with E-state index >= 15 is 0 Å². The zero-order valence-corrected chi connectivity index (χ0v) is 54.3. The molecule has 3 aliphatic rings. The molecule has 3 aliphatic heterocycles. The topological polar surface area (TPSA) is 241 Å². The van der Waals surface area contributed by atoms with Gasteiger partial charge in [-0.05, 0) is 152 Å². The minimum absolute atomic E-state index is 0.000839. The number of nitrogens with two attached hydrogens (primary N) is 3. The molecule has 28 heteroatoms. The monoisotopic (exact) mass is 1390 g/mol. The number of halogens is 10. The molecule has 3 fully saturated rings. The SMILES string of the molecule is N[C@H](Cc1cc(F)c(F)cc1F)C1CCN(C(=O)CCS(=O)(=O)Cc2ccccc2)CC1.N[C@H](Cc1cc(F)c(F)cc1F)C1CCN(C(=O)CCS(=O)(=O)c2ccc(F)cc2)CC1.N[C@H](Cc1cc(F)c(F)cc1F)C1CCN(C(=O)CCS(=O)(=O)c2ccccc2)CC1. The van der Waals surface area contributed by atoms with Gasteiger partial charge in [-0.1, -0.05) is 48.5 Å². The number of hydrogen-bond acceptors (Lipinski definition) is 12. The Labute approximate surface area is 546 Å². The molecule has 3 saturated heterocycles. The molecule has 0 radical (unpaired) electrons. The van der Waals surface area contributed by atoms with Gasteiger partial charge in [0, 0.05) is 94.9 Å². The van der Waals surface area contributed by atoms with Crippen LogP contribution < -0.4 is 17.2 Å². The van der Waals surface area contributed by atoms with Crippen LogP contribution in [0.15, 0.2) is 131 Å². The third-order valence-electron chi connectivity index (χ3n) is 17.4. The number of hydrogen-bond donors (Lipinski definition) is 3. The molecular formula is C67H76F10N6O9S3. The summed E-state index contributed by atoms with van der Waals surface area (Å²) in [4.78, 5) is 42.3. The van der Waals surface area contributed by atoms with Crippen LogP contribution in [0.5, 0.6) is 0 Å². The Morgan fingerprint density at radius 1 is 0.379 bits per heavy atom. The Hall–Kier alpha value is -7.24. The van der Waals surface area contributed by atoms with E-state index in [1.807, 2.05) is 6.07 Å². The van der Waals surface area contributed by atoms with Crippen LogP contribution in [-0.2, 0) is 68.9 Å². The maximum absolute atomic E-state index is 13.9. The van der Waals surface area contributed by atoms with Gasteiger partial charge >= 0.3 is 0 Å². The summed E-state index contributed by atoms with van der Waals surface area (Å²) in [5, 5.41) is 0. The lowest BCUT2D eigenvalue weighted by Crippen LogP contribution is -2.44. The van der Waals surface area contributed by atoms with Gasteiger partial charge in [0.05, 0.1) is 32.8 Å². The van der Waals surface area contributed by atoms with E-state index in [2.05, 4.69) is 0 Å². The summed E-state index contributed by atoms with van der Waals surface area (Å²) in [6.45, 7) is 2.43. The Bertz CT molecular complexity index is 3940. The molecule has 15 nitrogen and oxygen atoms in total. The maximum atomic E-state index is 13.9. The maximum Gasteiger partial charge on any atom is 0.223 e. The second-order valence-corrected chi connectivity index (χ2v) is 30.5. The largest absolute Gasteiger partial charge is 0.343 e. The van der Waals surface area contributed by atoms with E-state index in [9.17, 15) is 83.5 Å². The summed E-state index contributed by atoms with van der Waals surface area (Å²) in [5.74, 6) is -11.9. The highest BCUT2D eigenvalue weighted by atomic mass is 32.2. The fourth-order valence-electron chi connectivity index (χ4n) is 11.7. The summed E-state index contributed by atoms with van der Waals surface area (Å²) in [6.07, 6.45) is 3.16. The molecule has 95 heavy (non-hydrogen) atoms. The Kier molecular flexibility index (Phi) is 27.0. The van der Waals surface area contributed by atoms with Gasteiger partial charge < -0.3 is 31.9 Å². The molecule has 516 valence electrons. The van der Waals surface area contributed by atoms with Crippen molar-refractivity contribution in [1.29, 1.82) is 0 Å². The number of piperidine rings is 3. The first-order chi connectivity index (χ1) is 44.9. The van der Waals surface area contributed by atoms with E-state index in [1.165, 1.54) is 12.1 Å². The molecule has 0 aliphatic carbocycles. The first-order valence-electron chi connectivity index (χ1n) is 30.9. The van der Waals surface area contributed by atoms with Crippen molar-refractivity contribution in [2.24, 2.45) is 35.0 Å². The van der Waals surface area contributed by atoms with Gasteiger partial charge in [-0.2, -0.15) is 0 Å². The molecule has 6 aromatic rings. The summed E-state index contributed by atoms with van der Waals surface area (Å²) >= 11 is 0. The molecule has 3 heterocycles. The Morgan fingerprint density at radius 2 is 0.663 bits per heavy atom. The smallest absolute Gasteiger partial charge is 0.223 e. The molecule has 0 bridgehead atoms. The van der Waals surface area contributed by atoms with Crippen LogP contribution in [0.4, 0.5) is 43.9 Å². The van der Waals surface area contributed by atoms with Gasteiger partial charge in [0.15, 0.2) is 64.4 Å². The highest BCUT2D eigenvalue weighted by molar-refractivity contribution is 7.91. The van der Waals surface area contributed by atoms with Crippen molar-refractivity contribution in [1.82, 2.24) is 14.7 Å². The third-order valence-corrected chi connectivity index (χ3v) is 22.5. The number of carbonyl (C=O) groups excluding carboxylic acids is 3. The second-order valence-electron chi connectivity index (χ2n) is 24.1. The fourth-order valence-corrected chi connectivity index (χ4v) is 15.5. The molecule has 6 aromatic carbocycles. The van der Waals surface area contributed by atoms with Crippen LogP contribution in [0.2, 0.25) is 0 Å². The summed E-state index contributed by atoms with van der Waals surface area (Å²) in [5.41, 5.74) is 19.3. The molecule has 0 saturated carbocycles. The van der Waals surface area contributed by atoms with Gasteiger partial charge in [0.1, 0.15) is 23.3 Å². The summed E-state index contributed by atoms with van der Waals surface area (Å²) in [6, 6.07) is 23.8. The lowest BCUT2D eigenvalue weighted by Gasteiger charge is -2.35. The number of sulfone groups is 3. The lowest BCUT2D eigenvalue weighted by molar-refractivity contribution is -0.133. The number of likely N-dealkylation sites (tertiary alicyclic amines) is 3. The van der Waals surface area contributed by atoms with Gasteiger partial charge in [-0.15, -0.1) is 0 Å². The minimum Gasteiger partial charge on any atom is -0.343 e. The Morgan fingerprint density at radius 3 is 0.989 bits per heavy atom. The lowest BCUT2D eigenvalue weighted by atomic mass is 9.86. The van der Waals surface area contributed by atoms with Crippen molar-refractivity contribution in [2.45, 2.75) is 111 Å². The number of carbonyl (C=O) groups is 3. The van der Waals surface area contributed by atoms with Crippen LogP contribution in [0.1, 0.15) is 80.0 Å². The van der Waals surface area contributed by atoms with E-state index in [-0.39, 0.29) is 123 Å². The van der Waals surface area contributed by atoms with Gasteiger partial charge in [-0.25, -0.2) is 69.2 Å².